The Morgan fingerprint density at radius 1 is 1.45 bits per heavy atom. The van der Waals surface area contributed by atoms with Crippen molar-refractivity contribution in [2.45, 2.75) is 11.4 Å². The Balaban J connectivity index is 1.88. The first-order valence-electron chi connectivity index (χ1n) is 6.00. The Hall–Kier alpha value is -1.59. The molecule has 0 fully saturated rings. The second kappa shape index (κ2) is 6.72. The lowest BCUT2D eigenvalue weighted by molar-refractivity contribution is -0.127. The predicted octanol–water partition coefficient (Wildman–Crippen LogP) is 3.27. The van der Waals surface area contributed by atoms with Gasteiger partial charge in [0.15, 0.2) is 0 Å². The van der Waals surface area contributed by atoms with Gasteiger partial charge in [-0.15, -0.1) is 11.8 Å². The molecule has 1 amide bonds. The summed E-state index contributed by atoms with van der Waals surface area (Å²) in [6.07, 6.45) is 1.59. The highest BCUT2D eigenvalue weighted by atomic mass is 35.5. The number of carbonyl (C=O) groups excluding carboxylic acids is 1. The van der Waals surface area contributed by atoms with Crippen LogP contribution in [0.2, 0.25) is 5.02 Å². The average molecular weight is 311 g/mol. The summed E-state index contributed by atoms with van der Waals surface area (Å²) in [7, 11) is 1.75. The van der Waals surface area contributed by atoms with Crippen LogP contribution in [-0.4, -0.2) is 23.6 Å². The standard InChI is InChI=1S/C14H15ClN2O2S/c1-17(8-11-3-2-6-19-11)14(18)9-20-13-5-4-10(16)7-12(13)15/h2-7H,8-9,16H2,1H3. The zero-order valence-electron chi connectivity index (χ0n) is 11.0. The van der Waals surface area contributed by atoms with Crippen LogP contribution in [0, 0.1) is 0 Å². The summed E-state index contributed by atoms with van der Waals surface area (Å²) in [6.45, 7) is 0.460. The molecule has 0 bridgehead atoms. The molecule has 0 unspecified atom stereocenters. The fraction of sp³-hybridized carbons (Fsp3) is 0.214. The molecule has 6 heteroatoms. The first kappa shape index (κ1) is 14.8. The van der Waals surface area contributed by atoms with Crippen LogP contribution >= 0.6 is 23.4 Å². The summed E-state index contributed by atoms with van der Waals surface area (Å²) in [5.41, 5.74) is 6.24. The number of benzene rings is 1. The maximum atomic E-state index is 12.0. The predicted molar refractivity (Wildman–Crippen MR) is 81.8 cm³/mol. The normalized spacial score (nSPS) is 10.5. The number of hydrogen-bond acceptors (Lipinski definition) is 4. The van der Waals surface area contributed by atoms with E-state index in [1.54, 1.807) is 36.4 Å². The molecule has 0 saturated carbocycles. The quantitative estimate of drug-likeness (QED) is 0.680. The molecule has 0 radical (unpaired) electrons. The second-order valence-corrected chi connectivity index (χ2v) is 5.73. The Morgan fingerprint density at radius 3 is 2.90 bits per heavy atom. The number of furan rings is 1. The van der Waals surface area contributed by atoms with Crippen molar-refractivity contribution in [3.8, 4) is 0 Å². The molecule has 2 aromatic rings. The summed E-state index contributed by atoms with van der Waals surface area (Å²) in [6, 6.07) is 8.92. The van der Waals surface area contributed by atoms with Crippen LogP contribution in [0.15, 0.2) is 45.9 Å². The summed E-state index contributed by atoms with van der Waals surface area (Å²) >= 11 is 7.46. The van der Waals surface area contributed by atoms with Crippen LogP contribution in [0.25, 0.3) is 0 Å². The number of nitrogen functional groups attached to an aromatic ring is 1. The van der Waals surface area contributed by atoms with E-state index >= 15 is 0 Å². The van der Waals surface area contributed by atoms with Crippen LogP contribution in [0.1, 0.15) is 5.76 Å². The lowest BCUT2D eigenvalue weighted by atomic mass is 10.3. The summed E-state index contributed by atoms with van der Waals surface area (Å²) in [4.78, 5) is 14.5. The zero-order valence-corrected chi connectivity index (χ0v) is 12.6. The highest BCUT2D eigenvalue weighted by Crippen LogP contribution is 2.28. The van der Waals surface area contributed by atoms with Crippen molar-refractivity contribution in [3.05, 3.63) is 47.4 Å². The first-order valence-corrected chi connectivity index (χ1v) is 7.37. The Kier molecular flexibility index (Phi) is 4.98. The van der Waals surface area contributed by atoms with Gasteiger partial charge in [-0.3, -0.25) is 4.79 Å². The SMILES string of the molecule is CN(Cc1ccco1)C(=O)CSc1ccc(N)cc1Cl. The van der Waals surface area contributed by atoms with Gasteiger partial charge in [-0.05, 0) is 30.3 Å². The molecule has 106 valence electrons. The highest BCUT2D eigenvalue weighted by Gasteiger charge is 2.12. The number of anilines is 1. The van der Waals surface area contributed by atoms with Gasteiger partial charge in [-0.1, -0.05) is 11.6 Å². The van der Waals surface area contributed by atoms with Gasteiger partial charge in [0.05, 0.1) is 23.6 Å². The van der Waals surface area contributed by atoms with Gasteiger partial charge < -0.3 is 15.1 Å². The smallest absolute Gasteiger partial charge is 0.233 e. The molecule has 0 aliphatic carbocycles. The van der Waals surface area contributed by atoms with Gasteiger partial charge in [0.1, 0.15) is 5.76 Å². The van der Waals surface area contributed by atoms with Crippen molar-refractivity contribution < 1.29 is 9.21 Å². The van der Waals surface area contributed by atoms with Gasteiger partial charge in [-0.2, -0.15) is 0 Å². The van der Waals surface area contributed by atoms with Crippen molar-refractivity contribution in [2.24, 2.45) is 0 Å². The molecule has 2 N–H and O–H groups in total. The maximum absolute atomic E-state index is 12.0. The Bertz CT molecular complexity index is 587. The van der Waals surface area contributed by atoms with Crippen molar-refractivity contribution in [2.75, 3.05) is 18.5 Å². The molecule has 0 atom stereocenters. The molecule has 1 heterocycles. The molecule has 1 aromatic carbocycles. The van der Waals surface area contributed by atoms with E-state index in [0.717, 1.165) is 10.7 Å². The number of halogens is 1. The molecule has 4 nitrogen and oxygen atoms in total. The Morgan fingerprint density at radius 2 is 2.25 bits per heavy atom. The van der Waals surface area contributed by atoms with E-state index in [2.05, 4.69) is 0 Å². The molecular formula is C14H15ClN2O2S. The zero-order chi connectivity index (χ0) is 14.5. The number of amides is 1. The van der Waals surface area contributed by atoms with E-state index in [-0.39, 0.29) is 5.91 Å². The van der Waals surface area contributed by atoms with Crippen LogP contribution in [0.3, 0.4) is 0 Å². The lowest BCUT2D eigenvalue weighted by Gasteiger charge is -2.15. The fourth-order valence-corrected chi connectivity index (χ4v) is 2.82. The second-order valence-electron chi connectivity index (χ2n) is 4.31. The van der Waals surface area contributed by atoms with Gasteiger partial charge >= 0.3 is 0 Å². The number of nitrogens with two attached hydrogens (primary N) is 1. The highest BCUT2D eigenvalue weighted by molar-refractivity contribution is 8.00. The lowest BCUT2D eigenvalue weighted by Crippen LogP contribution is -2.27. The van der Waals surface area contributed by atoms with Crippen molar-refractivity contribution in [1.29, 1.82) is 0 Å². The van der Waals surface area contributed by atoms with E-state index in [0.29, 0.717) is 23.0 Å². The number of rotatable bonds is 5. The van der Waals surface area contributed by atoms with E-state index in [1.165, 1.54) is 11.8 Å². The largest absolute Gasteiger partial charge is 0.467 e. The van der Waals surface area contributed by atoms with Crippen LogP contribution < -0.4 is 5.73 Å². The number of hydrogen-bond donors (Lipinski definition) is 1. The first-order chi connectivity index (χ1) is 9.56. The van der Waals surface area contributed by atoms with Gasteiger partial charge in [0.25, 0.3) is 0 Å². The van der Waals surface area contributed by atoms with E-state index < -0.39 is 0 Å². The number of nitrogens with zero attached hydrogens (tertiary/aromatic N) is 1. The number of carbonyl (C=O) groups is 1. The van der Waals surface area contributed by atoms with E-state index in [4.69, 9.17) is 21.8 Å². The monoisotopic (exact) mass is 310 g/mol. The van der Waals surface area contributed by atoms with Crippen LogP contribution in [0.4, 0.5) is 5.69 Å². The maximum Gasteiger partial charge on any atom is 0.233 e. The molecule has 1 aromatic heterocycles. The van der Waals surface area contributed by atoms with Crippen LogP contribution in [0.5, 0.6) is 0 Å². The fourth-order valence-electron chi connectivity index (χ4n) is 1.61. The van der Waals surface area contributed by atoms with Gasteiger partial charge in [0.2, 0.25) is 5.91 Å². The summed E-state index contributed by atoms with van der Waals surface area (Å²) in [5.74, 6) is 1.09. The molecule has 20 heavy (non-hydrogen) atoms. The molecule has 0 spiro atoms. The van der Waals surface area contributed by atoms with Crippen molar-refractivity contribution >= 4 is 35.0 Å². The van der Waals surface area contributed by atoms with E-state index in [1.807, 2.05) is 12.1 Å². The third-order valence-corrected chi connectivity index (χ3v) is 4.19. The molecule has 2 rings (SSSR count). The third-order valence-electron chi connectivity index (χ3n) is 2.71. The number of thioether (sulfide) groups is 1. The van der Waals surface area contributed by atoms with Gasteiger partial charge in [0, 0.05) is 17.6 Å². The average Bonchev–Trinajstić information content (AvgIpc) is 2.90. The Labute approximate surface area is 126 Å². The topological polar surface area (TPSA) is 59.5 Å². The van der Waals surface area contributed by atoms with Gasteiger partial charge in [-0.25, -0.2) is 0 Å². The minimum absolute atomic E-state index is 0.0132. The molecule has 0 aliphatic heterocycles. The minimum Gasteiger partial charge on any atom is -0.467 e. The minimum atomic E-state index is 0.0132. The molecule has 0 saturated heterocycles. The van der Waals surface area contributed by atoms with Crippen molar-refractivity contribution in [1.82, 2.24) is 4.90 Å². The third kappa shape index (κ3) is 3.95. The summed E-state index contributed by atoms with van der Waals surface area (Å²) < 4.78 is 5.21. The van der Waals surface area contributed by atoms with Crippen LogP contribution in [-0.2, 0) is 11.3 Å². The molecule has 0 aliphatic rings. The van der Waals surface area contributed by atoms with E-state index in [9.17, 15) is 4.79 Å². The van der Waals surface area contributed by atoms with Crippen molar-refractivity contribution in [3.63, 3.8) is 0 Å². The summed E-state index contributed by atoms with van der Waals surface area (Å²) in [5, 5.41) is 0.566. The molecular weight excluding hydrogens is 296 g/mol.